The third-order valence-electron chi connectivity index (χ3n) is 4.89. The third kappa shape index (κ3) is 4.57. The van der Waals surface area contributed by atoms with Gasteiger partial charge in [0.05, 0.1) is 10.5 Å². The minimum absolute atomic E-state index is 0.0875. The summed E-state index contributed by atoms with van der Waals surface area (Å²) < 4.78 is 65.8. The second-order valence-corrected chi connectivity index (χ2v) is 8.90. The van der Waals surface area contributed by atoms with E-state index >= 15 is 0 Å². The third-order valence-corrected chi connectivity index (χ3v) is 6.80. The average Bonchev–Trinajstić information content (AvgIpc) is 3.23. The standard InChI is InChI=1S/C19H20F3N3O4S/c1-13(25-12-14(19(20,21)22)4-9-17(25)26)18(27)23-15-5-7-16(8-6-15)30(28,29)24-10-2-3-11-24/h4-9,12-13H,2-3,10-11H2,1H3,(H,23,27)/t13-/m1/s1. The molecule has 0 bridgehead atoms. The van der Waals surface area contributed by atoms with Crippen molar-refractivity contribution in [1.29, 1.82) is 0 Å². The van der Waals surface area contributed by atoms with Gasteiger partial charge in [0, 0.05) is 31.0 Å². The molecule has 1 aromatic carbocycles. The van der Waals surface area contributed by atoms with Crippen LogP contribution in [0, 0.1) is 0 Å². The van der Waals surface area contributed by atoms with Gasteiger partial charge in [-0.3, -0.25) is 9.59 Å². The summed E-state index contributed by atoms with van der Waals surface area (Å²) >= 11 is 0. The lowest BCUT2D eigenvalue weighted by Gasteiger charge is -2.18. The van der Waals surface area contributed by atoms with Gasteiger partial charge < -0.3 is 9.88 Å². The minimum Gasteiger partial charge on any atom is -0.324 e. The molecule has 30 heavy (non-hydrogen) atoms. The van der Waals surface area contributed by atoms with Crippen LogP contribution in [-0.2, 0) is 21.0 Å². The Bertz CT molecular complexity index is 1090. The number of hydrogen-bond acceptors (Lipinski definition) is 4. The minimum atomic E-state index is -4.65. The fraction of sp³-hybridized carbons (Fsp3) is 0.368. The van der Waals surface area contributed by atoms with Gasteiger partial charge in [0.2, 0.25) is 15.9 Å². The van der Waals surface area contributed by atoms with Crippen LogP contribution in [0.5, 0.6) is 0 Å². The molecule has 7 nitrogen and oxygen atoms in total. The maximum atomic E-state index is 12.9. The van der Waals surface area contributed by atoms with Crippen LogP contribution in [0.4, 0.5) is 18.9 Å². The van der Waals surface area contributed by atoms with Crippen LogP contribution in [0.2, 0.25) is 0 Å². The first kappa shape index (κ1) is 22.0. The highest BCUT2D eigenvalue weighted by Gasteiger charge is 2.32. The molecule has 2 aromatic rings. The summed E-state index contributed by atoms with van der Waals surface area (Å²) in [4.78, 5) is 24.4. The van der Waals surface area contributed by atoms with E-state index in [2.05, 4.69) is 5.32 Å². The normalized spacial score (nSPS) is 16.4. The van der Waals surface area contributed by atoms with E-state index in [0.717, 1.165) is 18.9 Å². The Hall–Kier alpha value is -2.66. The van der Waals surface area contributed by atoms with Crippen molar-refractivity contribution in [3.05, 3.63) is 58.5 Å². The number of alkyl halides is 3. The van der Waals surface area contributed by atoms with E-state index in [4.69, 9.17) is 0 Å². The van der Waals surface area contributed by atoms with Crippen LogP contribution >= 0.6 is 0 Å². The molecule has 1 fully saturated rings. The molecule has 0 radical (unpaired) electrons. The van der Waals surface area contributed by atoms with Gasteiger partial charge in [0.15, 0.2) is 0 Å². The van der Waals surface area contributed by atoms with E-state index in [1.165, 1.54) is 35.5 Å². The average molecular weight is 443 g/mol. The molecular weight excluding hydrogens is 423 g/mol. The lowest BCUT2D eigenvalue weighted by Crippen LogP contribution is -2.32. The number of carbonyl (C=O) groups excluding carboxylic acids is 1. The quantitative estimate of drug-likeness (QED) is 0.770. The SMILES string of the molecule is C[C@H](C(=O)Nc1ccc(S(=O)(=O)N2CCCC2)cc1)n1cc(C(F)(F)F)ccc1=O. The van der Waals surface area contributed by atoms with Crippen molar-refractivity contribution in [3.63, 3.8) is 0 Å². The molecule has 1 aliphatic heterocycles. The molecule has 1 aromatic heterocycles. The molecule has 0 unspecified atom stereocenters. The van der Waals surface area contributed by atoms with Crippen molar-refractivity contribution in [2.24, 2.45) is 0 Å². The summed E-state index contributed by atoms with van der Waals surface area (Å²) in [6.07, 6.45) is -2.44. The van der Waals surface area contributed by atoms with Crippen molar-refractivity contribution >= 4 is 21.6 Å². The first-order valence-electron chi connectivity index (χ1n) is 9.20. The summed E-state index contributed by atoms with van der Waals surface area (Å²) in [6.45, 7) is 2.22. The van der Waals surface area contributed by atoms with Gasteiger partial charge in [0.1, 0.15) is 6.04 Å². The van der Waals surface area contributed by atoms with Crippen LogP contribution in [0.15, 0.2) is 52.3 Å². The zero-order valence-electron chi connectivity index (χ0n) is 16.0. The molecule has 1 atom stereocenters. The number of hydrogen-bond donors (Lipinski definition) is 1. The van der Waals surface area contributed by atoms with E-state index in [1.54, 1.807) is 0 Å². The number of amides is 1. The highest BCUT2D eigenvalue weighted by Crippen LogP contribution is 2.28. The number of halogens is 3. The van der Waals surface area contributed by atoms with Gasteiger partial charge in [-0.2, -0.15) is 17.5 Å². The van der Waals surface area contributed by atoms with Crippen molar-refractivity contribution < 1.29 is 26.4 Å². The van der Waals surface area contributed by atoms with Gasteiger partial charge in [-0.1, -0.05) is 0 Å². The first-order valence-corrected chi connectivity index (χ1v) is 10.6. The van der Waals surface area contributed by atoms with Gasteiger partial charge in [-0.05, 0) is 50.1 Å². The van der Waals surface area contributed by atoms with E-state index in [9.17, 15) is 31.2 Å². The second kappa shape index (κ2) is 8.23. The van der Waals surface area contributed by atoms with Crippen molar-refractivity contribution in [2.75, 3.05) is 18.4 Å². The Balaban J connectivity index is 1.75. The highest BCUT2D eigenvalue weighted by molar-refractivity contribution is 7.89. The lowest BCUT2D eigenvalue weighted by molar-refractivity contribution is -0.138. The number of anilines is 1. The Kier molecular flexibility index (Phi) is 6.04. The summed E-state index contributed by atoms with van der Waals surface area (Å²) in [5.74, 6) is -0.716. The number of carbonyl (C=O) groups is 1. The molecule has 1 amide bonds. The summed E-state index contributed by atoms with van der Waals surface area (Å²) in [7, 11) is -3.60. The number of nitrogens with one attached hydrogen (secondary N) is 1. The van der Waals surface area contributed by atoms with Crippen molar-refractivity contribution in [1.82, 2.24) is 8.87 Å². The number of aromatic nitrogens is 1. The molecule has 0 spiro atoms. The Morgan fingerprint density at radius 1 is 1.07 bits per heavy atom. The smallest absolute Gasteiger partial charge is 0.324 e. The van der Waals surface area contributed by atoms with Gasteiger partial charge in [0.25, 0.3) is 5.56 Å². The van der Waals surface area contributed by atoms with Crippen molar-refractivity contribution in [3.8, 4) is 0 Å². The molecule has 1 saturated heterocycles. The fourth-order valence-electron chi connectivity index (χ4n) is 3.13. The molecule has 0 aliphatic carbocycles. The predicted octanol–water partition coefficient (Wildman–Crippen LogP) is 2.85. The van der Waals surface area contributed by atoms with Crippen LogP contribution in [0.25, 0.3) is 0 Å². The zero-order chi connectivity index (χ0) is 22.1. The van der Waals surface area contributed by atoms with E-state index in [-0.39, 0.29) is 10.6 Å². The number of nitrogens with zero attached hydrogens (tertiary/aromatic N) is 2. The van der Waals surface area contributed by atoms with Gasteiger partial charge in [-0.15, -0.1) is 0 Å². The first-order chi connectivity index (χ1) is 14.0. The Labute approximate surface area is 171 Å². The molecule has 0 saturated carbocycles. The second-order valence-electron chi connectivity index (χ2n) is 6.96. The summed E-state index contributed by atoms with van der Waals surface area (Å²) in [5, 5.41) is 2.49. The molecule has 162 valence electrons. The van der Waals surface area contributed by atoms with Crippen LogP contribution in [-0.4, -0.2) is 36.3 Å². The fourth-order valence-corrected chi connectivity index (χ4v) is 4.65. The van der Waals surface area contributed by atoms with Crippen LogP contribution in [0.3, 0.4) is 0 Å². The topological polar surface area (TPSA) is 88.5 Å². The number of pyridine rings is 1. The predicted molar refractivity (Wildman–Crippen MR) is 103 cm³/mol. The largest absolute Gasteiger partial charge is 0.417 e. The molecular formula is C19H20F3N3O4S. The van der Waals surface area contributed by atoms with E-state index in [0.29, 0.717) is 29.9 Å². The summed E-state index contributed by atoms with van der Waals surface area (Å²) in [6, 6.07) is 5.68. The Morgan fingerprint density at radius 3 is 2.23 bits per heavy atom. The Morgan fingerprint density at radius 2 is 1.67 bits per heavy atom. The van der Waals surface area contributed by atoms with Gasteiger partial charge >= 0.3 is 6.18 Å². The molecule has 3 rings (SSSR count). The molecule has 2 heterocycles. The van der Waals surface area contributed by atoms with Crippen LogP contribution < -0.4 is 10.9 Å². The van der Waals surface area contributed by atoms with Gasteiger partial charge in [-0.25, -0.2) is 8.42 Å². The monoisotopic (exact) mass is 443 g/mol. The number of rotatable bonds is 5. The van der Waals surface area contributed by atoms with Crippen LogP contribution in [0.1, 0.15) is 31.4 Å². The maximum Gasteiger partial charge on any atom is 0.417 e. The summed E-state index contributed by atoms with van der Waals surface area (Å²) in [5.41, 5.74) is -1.54. The highest BCUT2D eigenvalue weighted by atomic mass is 32.2. The molecule has 1 N–H and O–H groups in total. The van der Waals surface area contributed by atoms with Crippen molar-refractivity contribution in [2.45, 2.75) is 36.9 Å². The lowest BCUT2D eigenvalue weighted by atomic mass is 10.2. The molecule has 1 aliphatic rings. The number of benzene rings is 1. The zero-order valence-corrected chi connectivity index (χ0v) is 16.8. The molecule has 11 heteroatoms. The maximum absolute atomic E-state index is 12.9. The van der Waals surface area contributed by atoms with E-state index < -0.39 is 39.3 Å². The number of sulfonamides is 1. The van der Waals surface area contributed by atoms with E-state index in [1.807, 2.05) is 0 Å².